The van der Waals surface area contributed by atoms with Gasteiger partial charge in [0, 0.05) is 0 Å². The topological polar surface area (TPSA) is 56.2 Å². The third-order valence-corrected chi connectivity index (χ3v) is 3.50. The number of hydrogen-bond donors (Lipinski definition) is 1. The van der Waals surface area contributed by atoms with Gasteiger partial charge in [-0.15, -0.1) is 0 Å². The van der Waals surface area contributed by atoms with Crippen LogP contribution in [0.1, 0.15) is 38.4 Å². The molecular formula is C13H19NO2. The van der Waals surface area contributed by atoms with Gasteiger partial charge >= 0.3 is 0 Å². The van der Waals surface area contributed by atoms with Crippen LogP contribution in [0.5, 0.6) is 0 Å². The van der Waals surface area contributed by atoms with E-state index in [1.165, 1.54) is 6.42 Å². The van der Waals surface area contributed by atoms with Gasteiger partial charge < -0.3 is 10.2 Å². The van der Waals surface area contributed by atoms with Gasteiger partial charge in [-0.2, -0.15) is 0 Å². The molecule has 1 aliphatic rings. The van der Waals surface area contributed by atoms with Crippen LogP contribution in [0.3, 0.4) is 0 Å². The molecule has 88 valence electrons. The van der Waals surface area contributed by atoms with E-state index in [9.17, 15) is 4.79 Å². The standard InChI is InChI=1S/C13H19NO2/c1-10-4-2-6-13(14,9-10)12(15)8-11-5-3-7-16-11/h3,5,7,10H,2,4,6,8-9,14H2,1H3. The normalized spacial score (nSPS) is 30.2. The summed E-state index contributed by atoms with van der Waals surface area (Å²) in [4.78, 5) is 12.1. The molecule has 0 aromatic carbocycles. The third kappa shape index (κ3) is 2.35. The van der Waals surface area contributed by atoms with Crippen LogP contribution in [-0.4, -0.2) is 11.3 Å². The molecule has 0 amide bonds. The Morgan fingerprint density at radius 1 is 1.69 bits per heavy atom. The number of furan rings is 1. The van der Waals surface area contributed by atoms with Crippen LogP contribution >= 0.6 is 0 Å². The summed E-state index contributed by atoms with van der Waals surface area (Å²) in [7, 11) is 0. The Labute approximate surface area is 96.0 Å². The lowest BCUT2D eigenvalue weighted by Crippen LogP contribution is -2.51. The lowest BCUT2D eigenvalue weighted by atomic mass is 9.74. The molecule has 1 aromatic heterocycles. The summed E-state index contributed by atoms with van der Waals surface area (Å²) in [6.07, 6.45) is 5.80. The summed E-state index contributed by atoms with van der Waals surface area (Å²) in [5, 5.41) is 0. The minimum Gasteiger partial charge on any atom is -0.469 e. The zero-order valence-electron chi connectivity index (χ0n) is 9.74. The number of carbonyl (C=O) groups is 1. The predicted molar refractivity (Wildman–Crippen MR) is 62.0 cm³/mol. The first kappa shape index (κ1) is 11.4. The van der Waals surface area contributed by atoms with Crippen molar-refractivity contribution in [3.63, 3.8) is 0 Å². The number of nitrogens with two attached hydrogens (primary N) is 1. The van der Waals surface area contributed by atoms with Crippen molar-refractivity contribution in [1.82, 2.24) is 0 Å². The fraction of sp³-hybridized carbons (Fsp3) is 0.615. The number of hydrogen-bond acceptors (Lipinski definition) is 3. The Balaban J connectivity index is 2.02. The van der Waals surface area contributed by atoms with Crippen molar-refractivity contribution in [3.05, 3.63) is 24.2 Å². The summed E-state index contributed by atoms with van der Waals surface area (Å²) in [6, 6.07) is 3.63. The number of rotatable bonds is 3. The van der Waals surface area contributed by atoms with Gasteiger partial charge in [-0.3, -0.25) is 4.79 Å². The summed E-state index contributed by atoms with van der Waals surface area (Å²) >= 11 is 0. The van der Waals surface area contributed by atoms with Crippen molar-refractivity contribution in [3.8, 4) is 0 Å². The molecule has 2 unspecified atom stereocenters. The van der Waals surface area contributed by atoms with Gasteiger partial charge in [-0.05, 0) is 30.9 Å². The highest BCUT2D eigenvalue weighted by Gasteiger charge is 2.37. The molecule has 0 radical (unpaired) electrons. The predicted octanol–water partition coefficient (Wildman–Crippen LogP) is 2.30. The summed E-state index contributed by atoms with van der Waals surface area (Å²) < 4.78 is 5.19. The fourth-order valence-electron chi connectivity index (χ4n) is 2.59. The molecule has 2 N–H and O–H groups in total. The van der Waals surface area contributed by atoms with Crippen LogP contribution in [0.15, 0.2) is 22.8 Å². The molecule has 1 heterocycles. The van der Waals surface area contributed by atoms with E-state index in [1.54, 1.807) is 12.3 Å². The van der Waals surface area contributed by atoms with Crippen molar-refractivity contribution in [2.24, 2.45) is 11.7 Å². The molecule has 3 heteroatoms. The SMILES string of the molecule is CC1CCCC(N)(C(=O)Cc2ccco2)C1. The van der Waals surface area contributed by atoms with Crippen LogP contribution in [0.2, 0.25) is 0 Å². The molecule has 1 fully saturated rings. The molecule has 0 saturated heterocycles. The Bertz CT molecular complexity index is 358. The first-order valence-electron chi connectivity index (χ1n) is 5.95. The van der Waals surface area contributed by atoms with Crippen LogP contribution in [0.4, 0.5) is 0 Å². The van der Waals surface area contributed by atoms with Crippen LogP contribution < -0.4 is 5.73 Å². The summed E-state index contributed by atoms with van der Waals surface area (Å²) in [5.41, 5.74) is 5.60. The van der Waals surface area contributed by atoms with Gasteiger partial charge in [0.05, 0.1) is 18.2 Å². The van der Waals surface area contributed by atoms with E-state index in [0.717, 1.165) is 19.3 Å². The van der Waals surface area contributed by atoms with Gasteiger partial charge in [-0.25, -0.2) is 0 Å². The van der Waals surface area contributed by atoms with E-state index in [2.05, 4.69) is 6.92 Å². The Morgan fingerprint density at radius 3 is 3.12 bits per heavy atom. The van der Waals surface area contributed by atoms with Crippen LogP contribution in [0.25, 0.3) is 0 Å². The fourth-order valence-corrected chi connectivity index (χ4v) is 2.59. The van der Waals surface area contributed by atoms with Crippen LogP contribution in [-0.2, 0) is 11.2 Å². The highest BCUT2D eigenvalue weighted by molar-refractivity contribution is 5.89. The van der Waals surface area contributed by atoms with Crippen LogP contribution in [0, 0.1) is 5.92 Å². The van der Waals surface area contributed by atoms with Gasteiger partial charge in [0.15, 0.2) is 5.78 Å². The number of carbonyl (C=O) groups excluding carboxylic acids is 1. The second kappa shape index (κ2) is 4.42. The minimum absolute atomic E-state index is 0.119. The van der Waals surface area contributed by atoms with Crippen molar-refractivity contribution in [2.45, 2.75) is 44.6 Å². The molecule has 0 spiro atoms. The van der Waals surface area contributed by atoms with Crippen molar-refractivity contribution in [2.75, 3.05) is 0 Å². The molecular weight excluding hydrogens is 202 g/mol. The van der Waals surface area contributed by atoms with E-state index >= 15 is 0 Å². The number of Topliss-reactive ketones (excluding diaryl/α,β-unsaturated/α-hetero) is 1. The molecule has 1 aliphatic carbocycles. The first-order chi connectivity index (χ1) is 7.60. The summed E-state index contributed by atoms with van der Waals surface area (Å²) in [5.74, 6) is 1.39. The lowest BCUT2D eigenvalue weighted by Gasteiger charge is -2.35. The smallest absolute Gasteiger partial charge is 0.160 e. The molecule has 0 aliphatic heterocycles. The largest absolute Gasteiger partial charge is 0.469 e. The van der Waals surface area contributed by atoms with Crippen molar-refractivity contribution in [1.29, 1.82) is 0 Å². The highest BCUT2D eigenvalue weighted by Crippen LogP contribution is 2.31. The average Bonchev–Trinajstić information content (AvgIpc) is 2.70. The Kier molecular flexibility index (Phi) is 3.15. The van der Waals surface area contributed by atoms with E-state index in [-0.39, 0.29) is 5.78 Å². The average molecular weight is 221 g/mol. The maximum absolute atomic E-state index is 12.1. The minimum atomic E-state index is -0.621. The van der Waals surface area contributed by atoms with Gasteiger partial charge in [0.25, 0.3) is 0 Å². The molecule has 2 rings (SSSR count). The highest BCUT2D eigenvalue weighted by atomic mass is 16.3. The number of ketones is 1. The molecule has 3 nitrogen and oxygen atoms in total. The van der Waals surface area contributed by atoms with Gasteiger partial charge in [0.1, 0.15) is 5.76 Å². The molecule has 16 heavy (non-hydrogen) atoms. The Hall–Kier alpha value is -1.09. The zero-order chi connectivity index (χ0) is 11.6. The quantitative estimate of drug-likeness (QED) is 0.852. The van der Waals surface area contributed by atoms with E-state index in [4.69, 9.17) is 10.2 Å². The van der Waals surface area contributed by atoms with Crippen molar-refractivity contribution >= 4 is 5.78 Å². The monoisotopic (exact) mass is 221 g/mol. The summed E-state index contributed by atoms with van der Waals surface area (Å²) in [6.45, 7) is 2.17. The lowest BCUT2D eigenvalue weighted by molar-refractivity contribution is -0.125. The second-order valence-corrected chi connectivity index (χ2v) is 5.04. The third-order valence-electron chi connectivity index (χ3n) is 3.50. The van der Waals surface area contributed by atoms with E-state index in [1.807, 2.05) is 6.07 Å². The van der Waals surface area contributed by atoms with Gasteiger partial charge in [-0.1, -0.05) is 19.8 Å². The Morgan fingerprint density at radius 2 is 2.50 bits per heavy atom. The van der Waals surface area contributed by atoms with E-state index in [0.29, 0.717) is 18.1 Å². The first-order valence-corrected chi connectivity index (χ1v) is 5.95. The molecule has 2 atom stereocenters. The second-order valence-electron chi connectivity index (χ2n) is 5.04. The molecule has 1 aromatic rings. The van der Waals surface area contributed by atoms with E-state index < -0.39 is 5.54 Å². The maximum Gasteiger partial charge on any atom is 0.160 e. The zero-order valence-corrected chi connectivity index (χ0v) is 9.74. The van der Waals surface area contributed by atoms with Gasteiger partial charge in [0.2, 0.25) is 0 Å². The van der Waals surface area contributed by atoms with Crippen molar-refractivity contribution < 1.29 is 9.21 Å². The molecule has 1 saturated carbocycles. The molecule has 0 bridgehead atoms. The maximum atomic E-state index is 12.1.